The van der Waals surface area contributed by atoms with E-state index in [9.17, 15) is 9.59 Å². The Balaban J connectivity index is 1.60. The Kier molecular flexibility index (Phi) is 6.18. The topological polar surface area (TPSA) is 80.3 Å². The van der Waals surface area contributed by atoms with Gasteiger partial charge in [0.25, 0.3) is 5.91 Å². The molecule has 2 N–H and O–H groups in total. The molecule has 3 rings (SSSR count). The largest absolute Gasteiger partial charge is 0.457 e. The first-order chi connectivity index (χ1) is 13.5. The highest BCUT2D eigenvalue weighted by molar-refractivity contribution is 7.11. The van der Waals surface area contributed by atoms with Crippen LogP contribution in [0.5, 0.6) is 11.5 Å². The van der Waals surface area contributed by atoms with Crippen LogP contribution >= 0.6 is 11.3 Å². The SMILES string of the molecule is CNC(=O)c1cc(Oc2ccc(NC(=O)/C=C/c3sccc3C)cc2)ccn1. The van der Waals surface area contributed by atoms with E-state index in [1.54, 1.807) is 60.9 Å². The van der Waals surface area contributed by atoms with Gasteiger partial charge in [-0.3, -0.25) is 14.6 Å². The van der Waals surface area contributed by atoms with Crippen LogP contribution in [0.15, 0.2) is 60.1 Å². The molecule has 142 valence electrons. The van der Waals surface area contributed by atoms with Crippen LogP contribution in [0.3, 0.4) is 0 Å². The molecule has 0 atom stereocenters. The zero-order chi connectivity index (χ0) is 19.9. The van der Waals surface area contributed by atoms with Gasteiger partial charge in [0, 0.05) is 36.0 Å². The van der Waals surface area contributed by atoms with Gasteiger partial charge in [-0.05, 0) is 60.3 Å². The van der Waals surface area contributed by atoms with Crippen molar-refractivity contribution < 1.29 is 14.3 Å². The number of hydrogen-bond acceptors (Lipinski definition) is 5. The molecule has 1 aromatic carbocycles. The fourth-order valence-electron chi connectivity index (χ4n) is 2.36. The molecule has 2 aromatic heterocycles. The van der Waals surface area contributed by atoms with Crippen LogP contribution in [0, 0.1) is 6.92 Å². The number of benzene rings is 1. The highest BCUT2D eigenvalue weighted by Gasteiger charge is 2.07. The number of ether oxygens (including phenoxy) is 1. The Morgan fingerprint density at radius 1 is 1.11 bits per heavy atom. The fourth-order valence-corrected chi connectivity index (χ4v) is 3.18. The number of carbonyl (C=O) groups excluding carboxylic acids is 2. The summed E-state index contributed by atoms with van der Waals surface area (Å²) in [7, 11) is 1.54. The van der Waals surface area contributed by atoms with Crippen molar-refractivity contribution >= 4 is 34.9 Å². The van der Waals surface area contributed by atoms with Gasteiger partial charge in [-0.15, -0.1) is 11.3 Å². The summed E-state index contributed by atoms with van der Waals surface area (Å²) in [5.41, 5.74) is 2.08. The number of anilines is 1. The summed E-state index contributed by atoms with van der Waals surface area (Å²) in [6, 6.07) is 12.2. The van der Waals surface area contributed by atoms with Crippen molar-refractivity contribution in [3.8, 4) is 11.5 Å². The highest BCUT2D eigenvalue weighted by Crippen LogP contribution is 2.23. The van der Waals surface area contributed by atoms with Gasteiger partial charge in [0.15, 0.2) is 0 Å². The van der Waals surface area contributed by atoms with Crippen LogP contribution in [-0.2, 0) is 4.79 Å². The maximum absolute atomic E-state index is 12.1. The number of aryl methyl sites for hydroxylation is 1. The van der Waals surface area contributed by atoms with E-state index in [1.165, 1.54) is 12.3 Å². The molecule has 3 aromatic rings. The lowest BCUT2D eigenvalue weighted by Crippen LogP contribution is -2.18. The number of nitrogens with zero attached hydrogens (tertiary/aromatic N) is 1. The first kappa shape index (κ1) is 19.3. The van der Waals surface area contributed by atoms with Gasteiger partial charge in [-0.25, -0.2) is 0 Å². The van der Waals surface area contributed by atoms with Crippen LogP contribution in [0.2, 0.25) is 0 Å². The minimum Gasteiger partial charge on any atom is -0.457 e. The van der Waals surface area contributed by atoms with Gasteiger partial charge in [0.05, 0.1) is 0 Å². The molecule has 0 aliphatic heterocycles. The third-order valence-corrected chi connectivity index (χ3v) is 4.82. The Morgan fingerprint density at radius 2 is 1.89 bits per heavy atom. The number of pyridine rings is 1. The van der Waals surface area contributed by atoms with Gasteiger partial charge >= 0.3 is 0 Å². The zero-order valence-corrected chi connectivity index (χ0v) is 16.2. The van der Waals surface area contributed by atoms with Crippen LogP contribution in [0.1, 0.15) is 20.9 Å². The van der Waals surface area contributed by atoms with Crippen molar-refractivity contribution in [1.29, 1.82) is 0 Å². The second-order valence-corrected chi connectivity index (χ2v) is 6.82. The van der Waals surface area contributed by atoms with Crippen molar-refractivity contribution in [3.63, 3.8) is 0 Å². The molecular weight excluding hydrogens is 374 g/mol. The second kappa shape index (κ2) is 8.96. The maximum Gasteiger partial charge on any atom is 0.269 e. The van der Waals surface area contributed by atoms with E-state index in [-0.39, 0.29) is 17.5 Å². The fraction of sp³-hybridized carbons (Fsp3) is 0.0952. The lowest BCUT2D eigenvalue weighted by Gasteiger charge is -2.08. The molecule has 2 heterocycles. The Hall–Kier alpha value is -3.45. The van der Waals surface area contributed by atoms with Gasteiger partial charge in [0.1, 0.15) is 17.2 Å². The summed E-state index contributed by atoms with van der Waals surface area (Å²) in [6.45, 7) is 2.01. The summed E-state index contributed by atoms with van der Waals surface area (Å²) in [5.74, 6) is 0.594. The first-order valence-electron chi connectivity index (χ1n) is 8.54. The van der Waals surface area contributed by atoms with Crippen molar-refractivity contribution in [2.45, 2.75) is 6.92 Å². The minimum atomic E-state index is -0.283. The molecular formula is C21H19N3O3S. The molecule has 0 fully saturated rings. The van der Waals surface area contributed by atoms with E-state index >= 15 is 0 Å². The van der Waals surface area contributed by atoms with Crippen LogP contribution in [0.4, 0.5) is 5.69 Å². The van der Waals surface area contributed by atoms with Crippen molar-refractivity contribution in [2.75, 3.05) is 12.4 Å². The van der Waals surface area contributed by atoms with Crippen molar-refractivity contribution in [3.05, 3.63) is 76.3 Å². The first-order valence-corrected chi connectivity index (χ1v) is 9.42. The summed E-state index contributed by atoms with van der Waals surface area (Å²) in [5, 5.41) is 7.32. The molecule has 2 amide bonds. The van der Waals surface area contributed by atoms with Crippen molar-refractivity contribution in [2.24, 2.45) is 0 Å². The lowest BCUT2D eigenvalue weighted by molar-refractivity contribution is -0.111. The molecule has 6 nitrogen and oxygen atoms in total. The average molecular weight is 393 g/mol. The maximum atomic E-state index is 12.1. The molecule has 0 radical (unpaired) electrons. The van der Waals surface area contributed by atoms with E-state index in [0.717, 1.165) is 10.4 Å². The molecule has 0 saturated carbocycles. The molecule has 0 aliphatic carbocycles. The van der Waals surface area contributed by atoms with E-state index in [0.29, 0.717) is 17.2 Å². The monoisotopic (exact) mass is 393 g/mol. The zero-order valence-electron chi connectivity index (χ0n) is 15.4. The standard InChI is InChI=1S/C21H19N3O3S/c1-14-10-12-28-19(14)7-8-20(25)24-15-3-5-16(6-4-15)27-17-9-11-23-18(13-17)21(26)22-2/h3-13H,1-2H3,(H,22,26)(H,24,25)/b8-7+. The smallest absolute Gasteiger partial charge is 0.269 e. The average Bonchev–Trinajstić information content (AvgIpc) is 3.12. The number of rotatable bonds is 6. The van der Waals surface area contributed by atoms with Gasteiger partial charge in [0.2, 0.25) is 5.91 Å². The third kappa shape index (κ3) is 5.05. The molecule has 0 aliphatic rings. The summed E-state index contributed by atoms with van der Waals surface area (Å²) < 4.78 is 5.74. The number of amides is 2. The summed E-state index contributed by atoms with van der Waals surface area (Å²) >= 11 is 1.59. The quantitative estimate of drug-likeness (QED) is 0.614. The van der Waals surface area contributed by atoms with E-state index in [4.69, 9.17) is 4.74 Å². The third-order valence-electron chi connectivity index (χ3n) is 3.84. The molecule has 0 saturated heterocycles. The molecule has 7 heteroatoms. The minimum absolute atomic E-state index is 0.203. The lowest BCUT2D eigenvalue weighted by atomic mass is 10.2. The Morgan fingerprint density at radius 3 is 2.57 bits per heavy atom. The predicted octanol–water partition coefficient (Wildman–Crippen LogP) is 4.26. The van der Waals surface area contributed by atoms with Crippen LogP contribution in [-0.4, -0.2) is 23.8 Å². The van der Waals surface area contributed by atoms with Crippen molar-refractivity contribution in [1.82, 2.24) is 10.3 Å². The molecule has 0 unspecified atom stereocenters. The predicted molar refractivity (Wildman–Crippen MR) is 111 cm³/mol. The molecule has 28 heavy (non-hydrogen) atoms. The van der Waals surface area contributed by atoms with E-state index in [1.807, 2.05) is 18.4 Å². The highest BCUT2D eigenvalue weighted by atomic mass is 32.1. The van der Waals surface area contributed by atoms with Crippen LogP contribution in [0.25, 0.3) is 6.08 Å². The number of carbonyl (C=O) groups is 2. The van der Waals surface area contributed by atoms with E-state index in [2.05, 4.69) is 15.6 Å². The summed E-state index contributed by atoms with van der Waals surface area (Å²) in [6.07, 6.45) is 4.83. The number of aromatic nitrogens is 1. The Labute approximate surface area is 166 Å². The number of thiophene rings is 1. The second-order valence-electron chi connectivity index (χ2n) is 5.87. The van der Waals surface area contributed by atoms with E-state index < -0.39 is 0 Å². The van der Waals surface area contributed by atoms with Gasteiger partial charge in [-0.2, -0.15) is 0 Å². The molecule has 0 bridgehead atoms. The van der Waals surface area contributed by atoms with Crippen LogP contribution < -0.4 is 15.4 Å². The molecule has 0 spiro atoms. The van der Waals surface area contributed by atoms with Gasteiger partial charge < -0.3 is 15.4 Å². The Bertz CT molecular complexity index is 1010. The number of hydrogen-bond donors (Lipinski definition) is 2. The normalized spacial score (nSPS) is 10.6. The van der Waals surface area contributed by atoms with Gasteiger partial charge in [-0.1, -0.05) is 0 Å². The number of nitrogens with one attached hydrogen (secondary N) is 2. The summed E-state index contributed by atoms with van der Waals surface area (Å²) in [4.78, 5) is 28.8.